The molecule has 0 atom stereocenters. The van der Waals surface area contributed by atoms with Crippen LogP contribution >= 0.6 is 0 Å². The van der Waals surface area contributed by atoms with Crippen molar-refractivity contribution in [1.82, 2.24) is 5.32 Å². The number of carbonyl (C=O) groups is 1. The molecule has 0 radical (unpaired) electrons. The van der Waals surface area contributed by atoms with Crippen molar-refractivity contribution in [3.8, 4) is 5.75 Å². The van der Waals surface area contributed by atoms with Crippen LogP contribution in [-0.4, -0.2) is 25.1 Å². The van der Waals surface area contributed by atoms with Gasteiger partial charge in [0.25, 0.3) is 5.91 Å². The van der Waals surface area contributed by atoms with E-state index < -0.39 is 0 Å². The van der Waals surface area contributed by atoms with Gasteiger partial charge in [0.05, 0.1) is 6.10 Å². The molecule has 0 bridgehead atoms. The fourth-order valence-electron chi connectivity index (χ4n) is 2.47. The quantitative estimate of drug-likeness (QED) is 0.785. The second-order valence-electron chi connectivity index (χ2n) is 5.30. The second kappa shape index (κ2) is 7.90. The van der Waals surface area contributed by atoms with Gasteiger partial charge in [-0.3, -0.25) is 4.79 Å². The van der Waals surface area contributed by atoms with Crippen molar-refractivity contribution in [2.75, 3.05) is 13.1 Å². The molecule has 3 N–H and O–H groups in total. The molecule has 1 aliphatic carbocycles. The number of hydrogen-bond donors (Lipinski definition) is 2. The highest BCUT2D eigenvalue weighted by atomic mass is 16.5. The van der Waals surface area contributed by atoms with Crippen molar-refractivity contribution in [2.24, 2.45) is 5.73 Å². The van der Waals surface area contributed by atoms with Crippen molar-refractivity contribution in [1.29, 1.82) is 0 Å². The standard InChI is InChI=1S/C16H24N2O2/c17-11-4-12-18-16(19)13-7-9-15(10-8-13)20-14-5-2-1-3-6-14/h7-10,14H,1-6,11-12,17H2,(H,18,19). The lowest BCUT2D eigenvalue weighted by Crippen LogP contribution is -2.25. The van der Waals surface area contributed by atoms with E-state index in [0.717, 1.165) is 25.0 Å². The van der Waals surface area contributed by atoms with Gasteiger partial charge in [-0.25, -0.2) is 0 Å². The molecule has 20 heavy (non-hydrogen) atoms. The zero-order valence-electron chi connectivity index (χ0n) is 11.9. The Kier molecular flexibility index (Phi) is 5.87. The van der Waals surface area contributed by atoms with Crippen LogP contribution in [0.5, 0.6) is 5.75 Å². The van der Waals surface area contributed by atoms with Crippen LogP contribution < -0.4 is 15.8 Å². The molecule has 1 aliphatic rings. The molecule has 110 valence electrons. The van der Waals surface area contributed by atoms with Crippen LogP contribution in [0.2, 0.25) is 0 Å². The van der Waals surface area contributed by atoms with E-state index in [1.165, 1.54) is 19.3 Å². The Bertz CT molecular complexity index is 411. The van der Waals surface area contributed by atoms with Crippen LogP contribution in [0.4, 0.5) is 0 Å². The van der Waals surface area contributed by atoms with E-state index in [0.29, 0.717) is 24.8 Å². The number of amides is 1. The Balaban J connectivity index is 1.83. The maximum Gasteiger partial charge on any atom is 0.251 e. The summed E-state index contributed by atoms with van der Waals surface area (Å²) in [4.78, 5) is 11.8. The largest absolute Gasteiger partial charge is 0.490 e. The smallest absolute Gasteiger partial charge is 0.251 e. The zero-order chi connectivity index (χ0) is 14.2. The highest BCUT2D eigenvalue weighted by molar-refractivity contribution is 5.94. The second-order valence-corrected chi connectivity index (χ2v) is 5.30. The van der Waals surface area contributed by atoms with Crippen LogP contribution in [0.25, 0.3) is 0 Å². The van der Waals surface area contributed by atoms with E-state index in [9.17, 15) is 4.79 Å². The Labute approximate surface area is 120 Å². The van der Waals surface area contributed by atoms with E-state index in [1.54, 1.807) is 0 Å². The summed E-state index contributed by atoms with van der Waals surface area (Å²) in [5.74, 6) is 0.804. The van der Waals surface area contributed by atoms with Gasteiger partial charge in [0.1, 0.15) is 5.75 Å². The number of rotatable bonds is 6. The Morgan fingerprint density at radius 3 is 2.55 bits per heavy atom. The third-order valence-corrected chi connectivity index (χ3v) is 3.64. The summed E-state index contributed by atoms with van der Waals surface area (Å²) in [5, 5.41) is 2.84. The molecule has 1 saturated carbocycles. The molecule has 4 nitrogen and oxygen atoms in total. The number of ether oxygens (including phenoxy) is 1. The van der Waals surface area contributed by atoms with Gasteiger partial charge in [-0.1, -0.05) is 6.42 Å². The molecule has 0 aliphatic heterocycles. The summed E-state index contributed by atoms with van der Waals surface area (Å²) >= 11 is 0. The lowest BCUT2D eigenvalue weighted by Gasteiger charge is -2.23. The summed E-state index contributed by atoms with van der Waals surface area (Å²) in [6, 6.07) is 7.39. The summed E-state index contributed by atoms with van der Waals surface area (Å²) in [7, 11) is 0. The molecule has 0 heterocycles. The maximum atomic E-state index is 11.8. The lowest BCUT2D eigenvalue weighted by atomic mass is 9.98. The van der Waals surface area contributed by atoms with Gasteiger partial charge in [-0.2, -0.15) is 0 Å². The molecule has 0 saturated heterocycles. The van der Waals surface area contributed by atoms with Crippen molar-refractivity contribution in [3.05, 3.63) is 29.8 Å². The van der Waals surface area contributed by atoms with Crippen LogP contribution in [-0.2, 0) is 0 Å². The first-order valence-electron chi connectivity index (χ1n) is 7.54. The highest BCUT2D eigenvalue weighted by Gasteiger charge is 2.14. The predicted molar refractivity (Wildman–Crippen MR) is 79.9 cm³/mol. The van der Waals surface area contributed by atoms with Crippen LogP contribution in [0, 0.1) is 0 Å². The van der Waals surface area contributed by atoms with E-state index >= 15 is 0 Å². The minimum Gasteiger partial charge on any atom is -0.490 e. The molecule has 1 amide bonds. The van der Waals surface area contributed by atoms with Crippen molar-refractivity contribution in [2.45, 2.75) is 44.6 Å². The molecule has 4 heteroatoms. The summed E-state index contributed by atoms with van der Waals surface area (Å²) in [6.45, 7) is 1.21. The van der Waals surface area contributed by atoms with Gasteiger partial charge in [0, 0.05) is 12.1 Å². The predicted octanol–water partition coefficient (Wildman–Crippen LogP) is 2.48. The topological polar surface area (TPSA) is 64.3 Å². The Morgan fingerprint density at radius 1 is 1.20 bits per heavy atom. The fraction of sp³-hybridized carbons (Fsp3) is 0.562. The van der Waals surface area contributed by atoms with Gasteiger partial charge in [-0.05, 0) is 62.9 Å². The number of nitrogens with two attached hydrogens (primary N) is 1. The van der Waals surface area contributed by atoms with E-state index in [1.807, 2.05) is 24.3 Å². The van der Waals surface area contributed by atoms with Crippen LogP contribution in [0.3, 0.4) is 0 Å². The number of carbonyl (C=O) groups excluding carboxylic acids is 1. The van der Waals surface area contributed by atoms with Crippen molar-refractivity contribution >= 4 is 5.91 Å². The van der Waals surface area contributed by atoms with E-state index in [-0.39, 0.29) is 5.91 Å². The zero-order valence-corrected chi connectivity index (χ0v) is 11.9. The number of benzene rings is 1. The van der Waals surface area contributed by atoms with Crippen molar-refractivity contribution < 1.29 is 9.53 Å². The SMILES string of the molecule is NCCCNC(=O)c1ccc(OC2CCCCC2)cc1. The molecule has 0 aromatic heterocycles. The summed E-state index contributed by atoms with van der Waals surface area (Å²) in [5.41, 5.74) is 6.06. The maximum absolute atomic E-state index is 11.8. The first-order valence-corrected chi connectivity index (χ1v) is 7.54. The third-order valence-electron chi connectivity index (χ3n) is 3.64. The Morgan fingerprint density at radius 2 is 1.90 bits per heavy atom. The minimum absolute atomic E-state index is 0.0531. The summed E-state index contributed by atoms with van der Waals surface area (Å²) < 4.78 is 5.94. The molecule has 0 spiro atoms. The molecule has 1 aromatic carbocycles. The molecule has 1 fully saturated rings. The van der Waals surface area contributed by atoms with Gasteiger partial charge in [-0.15, -0.1) is 0 Å². The molecule has 1 aromatic rings. The monoisotopic (exact) mass is 276 g/mol. The summed E-state index contributed by atoms with van der Waals surface area (Å²) in [6.07, 6.45) is 7.26. The van der Waals surface area contributed by atoms with E-state index in [2.05, 4.69) is 5.32 Å². The average Bonchev–Trinajstić information content (AvgIpc) is 2.49. The minimum atomic E-state index is -0.0531. The van der Waals surface area contributed by atoms with E-state index in [4.69, 9.17) is 10.5 Å². The van der Waals surface area contributed by atoms with Crippen LogP contribution in [0.1, 0.15) is 48.9 Å². The fourth-order valence-corrected chi connectivity index (χ4v) is 2.47. The lowest BCUT2D eigenvalue weighted by molar-refractivity contribution is 0.0953. The van der Waals surface area contributed by atoms with Crippen molar-refractivity contribution in [3.63, 3.8) is 0 Å². The highest BCUT2D eigenvalue weighted by Crippen LogP contribution is 2.23. The molecule has 2 rings (SSSR count). The number of hydrogen-bond acceptors (Lipinski definition) is 3. The van der Waals surface area contributed by atoms with Crippen LogP contribution in [0.15, 0.2) is 24.3 Å². The first-order chi connectivity index (χ1) is 9.79. The number of nitrogens with one attached hydrogen (secondary N) is 1. The van der Waals surface area contributed by atoms with Gasteiger partial charge < -0.3 is 15.8 Å². The normalized spacial score (nSPS) is 15.8. The van der Waals surface area contributed by atoms with Gasteiger partial charge in [0.15, 0.2) is 0 Å². The molecule has 0 unspecified atom stereocenters. The average molecular weight is 276 g/mol. The molecular weight excluding hydrogens is 252 g/mol. The first kappa shape index (κ1) is 14.9. The van der Waals surface area contributed by atoms with Gasteiger partial charge >= 0.3 is 0 Å². The molecular formula is C16H24N2O2. The Hall–Kier alpha value is -1.55. The third kappa shape index (κ3) is 4.53. The van der Waals surface area contributed by atoms with Gasteiger partial charge in [0.2, 0.25) is 0 Å².